The number of methoxy groups -OCH3 is 1. The van der Waals surface area contributed by atoms with Crippen LogP contribution in [0, 0.1) is 0 Å². The summed E-state index contributed by atoms with van der Waals surface area (Å²) in [5.74, 6) is 3.11. The van der Waals surface area contributed by atoms with E-state index in [0.717, 1.165) is 36.9 Å². The van der Waals surface area contributed by atoms with Gasteiger partial charge in [0.05, 0.1) is 10.9 Å². The third-order valence-corrected chi connectivity index (χ3v) is 5.46. The van der Waals surface area contributed by atoms with Crippen molar-refractivity contribution in [3.63, 3.8) is 0 Å². The molecule has 3 rings (SSSR count). The number of thioether (sulfide) groups is 1. The zero-order valence-electron chi connectivity index (χ0n) is 11.7. The second-order valence-electron chi connectivity index (χ2n) is 5.54. The molecule has 19 heavy (non-hydrogen) atoms. The lowest BCUT2D eigenvalue weighted by Gasteiger charge is -2.48. The number of nitrogens with zero attached hydrogens (tertiary/aromatic N) is 4. The summed E-state index contributed by atoms with van der Waals surface area (Å²) >= 11 is 2.05. The fraction of sp³-hybridized carbons (Fsp3) is 0.692. The molecule has 2 aliphatic rings. The molecule has 1 aromatic rings. The molecule has 2 saturated heterocycles. The first-order valence-corrected chi connectivity index (χ1v) is 7.51. The molecule has 2 fully saturated rings. The minimum atomic E-state index is 0.393. The molecule has 0 aromatic carbocycles. The lowest BCUT2D eigenvalue weighted by Crippen LogP contribution is -2.59. The van der Waals surface area contributed by atoms with Crippen molar-refractivity contribution in [1.29, 1.82) is 0 Å². The molecule has 0 N–H and O–H groups in total. The van der Waals surface area contributed by atoms with E-state index in [-0.39, 0.29) is 0 Å². The van der Waals surface area contributed by atoms with Crippen LogP contribution < -0.4 is 9.80 Å². The van der Waals surface area contributed by atoms with E-state index in [9.17, 15) is 0 Å². The van der Waals surface area contributed by atoms with Crippen LogP contribution in [0.3, 0.4) is 0 Å². The van der Waals surface area contributed by atoms with Gasteiger partial charge in [-0.2, -0.15) is 0 Å². The average molecular weight is 280 g/mol. The predicted octanol–water partition coefficient (Wildman–Crippen LogP) is 1.25. The van der Waals surface area contributed by atoms with Crippen molar-refractivity contribution in [2.45, 2.75) is 17.3 Å². The Morgan fingerprint density at radius 3 is 2.84 bits per heavy atom. The first-order chi connectivity index (χ1) is 9.12. The Morgan fingerprint density at radius 1 is 1.42 bits per heavy atom. The molecule has 104 valence electrons. The second kappa shape index (κ2) is 4.83. The molecule has 0 aliphatic carbocycles. The molecule has 0 bridgehead atoms. The van der Waals surface area contributed by atoms with Gasteiger partial charge in [0.15, 0.2) is 0 Å². The highest BCUT2D eigenvalue weighted by molar-refractivity contribution is 8.01. The highest BCUT2D eigenvalue weighted by atomic mass is 32.2. The van der Waals surface area contributed by atoms with Crippen LogP contribution in [0.25, 0.3) is 0 Å². The van der Waals surface area contributed by atoms with Crippen LogP contribution in [-0.4, -0.2) is 60.9 Å². The Kier molecular flexibility index (Phi) is 3.30. The minimum Gasteiger partial charge on any atom is -0.381 e. The Labute approximate surface area is 118 Å². The number of rotatable bonds is 3. The van der Waals surface area contributed by atoms with Crippen molar-refractivity contribution in [2.75, 3.05) is 49.8 Å². The molecule has 1 atom stereocenters. The van der Waals surface area contributed by atoms with Crippen LogP contribution in [0.15, 0.2) is 12.4 Å². The number of hydrogen-bond acceptors (Lipinski definition) is 6. The van der Waals surface area contributed by atoms with Gasteiger partial charge in [-0.1, -0.05) is 0 Å². The summed E-state index contributed by atoms with van der Waals surface area (Å²) in [6.45, 7) is 2.14. The van der Waals surface area contributed by atoms with Gasteiger partial charge in [0, 0.05) is 46.1 Å². The van der Waals surface area contributed by atoms with Gasteiger partial charge in [0.1, 0.15) is 18.0 Å². The van der Waals surface area contributed by atoms with Gasteiger partial charge < -0.3 is 14.5 Å². The largest absolute Gasteiger partial charge is 0.381 e. The minimum absolute atomic E-state index is 0.393. The Bertz CT molecular complexity index is 462. The van der Waals surface area contributed by atoms with E-state index < -0.39 is 0 Å². The fourth-order valence-electron chi connectivity index (χ4n) is 2.74. The molecule has 0 saturated carbocycles. The lowest BCUT2D eigenvalue weighted by atomic mass is 9.93. The van der Waals surface area contributed by atoms with E-state index in [0.29, 0.717) is 10.9 Å². The van der Waals surface area contributed by atoms with E-state index in [1.807, 2.05) is 26.1 Å². The first kappa shape index (κ1) is 13.0. The summed E-state index contributed by atoms with van der Waals surface area (Å²) in [4.78, 5) is 13.0. The second-order valence-corrected chi connectivity index (χ2v) is 7.03. The topological polar surface area (TPSA) is 41.5 Å². The van der Waals surface area contributed by atoms with E-state index >= 15 is 0 Å². The van der Waals surface area contributed by atoms with Gasteiger partial charge in [0.25, 0.3) is 0 Å². The lowest BCUT2D eigenvalue weighted by molar-refractivity contribution is 0.109. The Morgan fingerprint density at radius 2 is 2.21 bits per heavy atom. The van der Waals surface area contributed by atoms with Gasteiger partial charge in [0.2, 0.25) is 0 Å². The Hall–Kier alpha value is -1.01. The van der Waals surface area contributed by atoms with Gasteiger partial charge in [-0.05, 0) is 6.42 Å². The highest BCUT2D eigenvalue weighted by Gasteiger charge is 2.49. The highest BCUT2D eigenvalue weighted by Crippen LogP contribution is 2.46. The normalized spacial score (nSPS) is 24.6. The molecule has 5 nitrogen and oxygen atoms in total. The van der Waals surface area contributed by atoms with Gasteiger partial charge in [-0.25, -0.2) is 9.97 Å². The molecule has 3 heterocycles. The van der Waals surface area contributed by atoms with Crippen LogP contribution in [0.2, 0.25) is 0 Å². The van der Waals surface area contributed by atoms with E-state index in [1.54, 1.807) is 6.33 Å². The quantitative estimate of drug-likeness (QED) is 0.830. The summed E-state index contributed by atoms with van der Waals surface area (Å²) in [5, 5.41) is 0. The maximum Gasteiger partial charge on any atom is 0.134 e. The van der Waals surface area contributed by atoms with Crippen molar-refractivity contribution in [2.24, 2.45) is 0 Å². The molecule has 1 aromatic heterocycles. The van der Waals surface area contributed by atoms with Crippen LogP contribution in [0.4, 0.5) is 11.6 Å². The zero-order chi connectivity index (χ0) is 13.5. The van der Waals surface area contributed by atoms with E-state index in [4.69, 9.17) is 4.74 Å². The molecule has 6 heteroatoms. The van der Waals surface area contributed by atoms with Crippen LogP contribution >= 0.6 is 11.8 Å². The van der Waals surface area contributed by atoms with Crippen molar-refractivity contribution in [3.05, 3.63) is 12.4 Å². The maximum absolute atomic E-state index is 5.46. The third-order valence-electron chi connectivity index (χ3n) is 3.89. The van der Waals surface area contributed by atoms with Crippen molar-refractivity contribution < 1.29 is 4.74 Å². The molecule has 1 spiro atoms. The third kappa shape index (κ3) is 2.39. The number of anilines is 2. The van der Waals surface area contributed by atoms with Crippen LogP contribution in [0.5, 0.6) is 0 Å². The van der Waals surface area contributed by atoms with Gasteiger partial charge >= 0.3 is 0 Å². The average Bonchev–Trinajstić information content (AvgIpc) is 2.81. The number of ether oxygens (including phenoxy) is 1. The fourth-order valence-corrected chi connectivity index (χ4v) is 4.33. The smallest absolute Gasteiger partial charge is 0.134 e. The van der Waals surface area contributed by atoms with Gasteiger partial charge in [-0.3, -0.25) is 0 Å². The number of aromatic nitrogens is 2. The van der Waals surface area contributed by atoms with Crippen molar-refractivity contribution >= 4 is 23.4 Å². The summed E-state index contributed by atoms with van der Waals surface area (Å²) in [6, 6.07) is 2.06. The summed E-state index contributed by atoms with van der Waals surface area (Å²) < 4.78 is 5.85. The van der Waals surface area contributed by atoms with Crippen LogP contribution in [0.1, 0.15) is 6.42 Å². The van der Waals surface area contributed by atoms with Crippen molar-refractivity contribution in [1.82, 2.24) is 9.97 Å². The van der Waals surface area contributed by atoms with E-state index in [1.165, 1.54) is 0 Å². The summed E-state index contributed by atoms with van der Waals surface area (Å²) in [5.41, 5.74) is 0. The predicted molar refractivity (Wildman–Crippen MR) is 79.2 cm³/mol. The zero-order valence-corrected chi connectivity index (χ0v) is 12.5. The molecular weight excluding hydrogens is 260 g/mol. The molecule has 0 radical (unpaired) electrons. The number of hydrogen-bond donors (Lipinski definition) is 0. The molecule has 2 aliphatic heterocycles. The monoisotopic (exact) mass is 280 g/mol. The first-order valence-electron chi connectivity index (χ1n) is 6.53. The standard InChI is InChI=1S/C13H20N4OS/c1-16(2)11-4-12(15-9-14-11)17-7-13(8-17)5-10(18-3)6-19-13/h4,9-10H,5-8H2,1-3H3/t10-/m1/s1. The Balaban J connectivity index is 1.66. The van der Waals surface area contributed by atoms with Gasteiger partial charge in [-0.15, -0.1) is 11.8 Å². The van der Waals surface area contributed by atoms with Crippen molar-refractivity contribution in [3.8, 4) is 0 Å². The SMILES string of the molecule is CO[C@H]1CSC2(C1)CN(c1cc(N(C)C)ncn1)C2. The van der Waals surface area contributed by atoms with E-state index in [2.05, 4.69) is 32.7 Å². The molecule has 0 unspecified atom stereocenters. The molecular formula is C13H20N4OS. The van der Waals surface area contributed by atoms with Crippen LogP contribution in [-0.2, 0) is 4.74 Å². The summed E-state index contributed by atoms with van der Waals surface area (Å²) in [6.07, 6.45) is 3.24. The molecule has 0 amide bonds. The summed E-state index contributed by atoms with van der Waals surface area (Å²) in [7, 11) is 5.81. The maximum atomic E-state index is 5.46.